The van der Waals surface area contributed by atoms with Gasteiger partial charge in [0.05, 0.1) is 6.04 Å². The van der Waals surface area contributed by atoms with Crippen LogP contribution in [0.15, 0.2) is 0 Å². The third-order valence-electron chi connectivity index (χ3n) is 3.91. The average molecular weight is 251 g/mol. The van der Waals surface area contributed by atoms with Crippen LogP contribution in [-0.4, -0.2) is 26.3 Å². The molecule has 0 N–H and O–H groups in total. The molecule has 2 atom stereocenters. The van der Waals surface area contributed by atoms with E-state index < -0.39 is 0 Å². The summed E-state index contributed by atoms with van der Waals surface area (Å²) in [6.45, 7) is 2.26. The number of aromatic nitrogens is 3. The van der Waals surface area contributed by atoms with Crippen LogP contribution in [0.5, 0.6) is 0 Å². The normalized spacial score (nSPS) is 29.0. The van der Waals surface area contributed by atoms with Gasteiger partial charge in [-0.2, -0.15) is 16.9 Å². The van der Waals surface area contributed by atoms with Crippen LogP contribution in [0.25, 0.3) is 0 Å². The molecule has 0 saturated carbocycles. The van der Waals surface area contributed by atoms with Gasteiger partial charge in [-0.25, -0.2) is 9.67 Å². The summed E-state index contributed by atoms with van der Waals surface area (Å²) in [4.78, 5) is 4.74. The van der Waals surface area contributed by atoms with Gasteiger partial charge in [0.2, 0.25) is 0 Å². The monoisotopic (exact) mass is 251 g/mol. The SMILES string of the molecule is CC1CCCc2nc(CC3CCCSC3)nn21. The van der Waals surface area contributed by atoms with E-state index in [0.717, 1.165) is 24.6 Å². The number of hydrogen-bond donors (Lipinski definition) is 0. The summed E-state index contributed by atoms with van der Waals surface area (Å²) in [5.74, 6) is 5.79. The minimum absolute atomic E-state index is 0.556. The average Bonchev–Trinajstić information content (AvgIpc) is 2.74. The van der Waals surface area contributed by atoms with Crippen LogP contribution in [-0.2, 0) is 12.8 Å². The van der Waals surface area contributed by atoms with E-state index in [4.69, 9.17) is 10.1 Å². The number of thioether (sulfide) groups is 1. The summed E-state index contributed by atoms with van der Waals surface area (Å²) in [5.41, 5.74) is 0. The van der Waals surface area contributed by atoms with Crippen molar-refractivity contribution >= 4 is 11.8 Å². The molecule has 94 valence electrons. The highest BCUT2D eigenvalue weighted by Crippen LogP contribution is 2.27. The van der Waals surface area contributed by atoms with Gasteiger partial charge in [0, 0.05) is 12.8 Å². The van der Waals surface area contributed by atoms with Crippen LogP contribution in [0.2, 0.25) is 0 Å². The molecule has 0 bridgehead atoms. The van der Waals surface area contributed by atoms with E-state index in [-0.39, 0.29) is 0 Å². The first kappa shape index (κ1) is 11.6. The Morgan fingerprint density at radius 3 is 3.06 bits per heavy atom. The van der Waals surface area contributed by atoms with Crippen molar-refractivity contribution in [1.29, 1.82) is 0 Å². The second-order valence-electron chi connectivity index (χ2n) is 5.42. The van der Waals surface area contributed by atoms with Crippen LogP contribution >= 0.6 is 11.8 Å². The van der Waals surface area contributed by atoms with Crippen molar-refractivity contribution in [2.24, 2.45) is 5.92 Å². The molecule has 2 unspecified atom stereocenters. The lowest BCUT2D eigenvalue weighted by molar-refractivity contribution is 0.386. The Bertz CT molecular complexity index is 382. The van der Waals surface area contributed by atoms with E-state index in [1.807, 2.05) is 0 Å². The highest BCUT2D eigenvalue weighted by Gasteiger charge is 2.22. The molecule has 0 radical (unpaired) electrons. The van der Waals surface area contributed by atoms with Crippen molar-refractivity contribution in [3.05, 3.63) is 11.6 Å². The van der Waals surface area contributed by atoms with Gasteiger partial charge in [0.25, 0.3) is 0 Å². The summed E-state index contributed by atoms with van der Waals surface area (Å²) in [6.07, 6.45) is 7.50. The van der Waals surface area contributed by atoms with Crippen LogP contribution < -0.4 is 0 Å². The molecule has 0 amide bonds. The lowest BCUT2D eigenvalue weighted by Crippen LogP contribution is -2.16. The Labute approximate surface area is 107 Å². The fourth-order valence-electron chi connectivity index (χ4n) is 2.92. The maximum absolute atomic E-state index is 4.74. The van der Waals surface area contributed by atoms with Crippen LogP contribution in [0.4, 0.5) is 0 Å². The second kappa shape index (κ2) is 5.01. The second-order valence-corrected chi connectivity index (χ2v) is 6.57. The van der Waals surface area contributed by atoms with E-state index in [1.54, 1.807) is 0 Å². The predicted molar refractivity (Wildman–Crippen MR) is 71.4 cm³/mol. The van der Waals surface area contributed by atoms with E-state index in [1.165, 1.54) is 43.0 Å². The molecule has 0 aliphatic carbocycles. The molecular weight excluding hydrogens is 230 g/mol. The Kier molecular flexibility index (Phi) is 3.41. The Balaban J connectivity index is 1.71. The largest absolute Gasteiger partial charge is 0.247 e. The van der Waals surface area contributed by atoms with Crippen molar-refractivity contribution in [2.45, 2.75) is 51.5 Å². The molecule has 2 aliphatic rings. The molecule has 1 fully saturated rings. The molecule has 0 spiro atoms. The number of hydrogen-bond acceptors (Lipinski definition) is 3. The van der Waals surface area contributed by atoms with E-state index in [2.05, 4.69) is 23.4 Å². The quantitative estimate of drug-likeness (QED) is 0.810. The van der Waals surface area contributed by atoms with Gasteiger partial charge < -0.3 is 0 Å². The lowest BCUT2D eigenvalue weighted by Gasteiger charge is -2.19. The Morgan fingerprint density at radius 1 is 1.35 bits per heavy atom. The topological polar surface area (TPSA) is 30.7 Å². The minimum Gasteiger partial charge on any atom is -0.247 e. The maximum Gasteiger partial charge on any atom is 0.151 e. The van der Waals surface area contributed by atoms with Crippen molar-refractivity contribution in [2.75, 3.05) is 11.5 Å². The summed E-state index contributed by atoms with van der Waals surface area (Å²) in [5, 5.41) is 4.72. The molecular formula is C13H21N3S. The highest BCUT2D eigenvalue weighted by molar-refractivity contribution is 7.99. The zero-order valence-electron chi connectivity index (χ0n) is 10.6. The van der Waals surface area contributed by atoms with E-state index in [9.17, 15) is 0 Å². The zero-order valence-corrected chi connectivity index (χ0v) is 11.4. The highest BCUT2D eigenvalue weighted by atomic mass is 32.2. The molecule has 2 aliphatic heterocycles. The first-order valence-corrected chi connectivity index (χ1v) is 8.00. The van der Waals surface area contributed by atoms with E-state index in [0.29, 0.717) is 6.04 Å². The molecule has 0 aromatic carbocycles. The molecule has 17 heavy (non-hydrogen) atoms. The molecule has 3 heterocycles. The van der Waals surface area contributed by atoms with Crippen molar-refractivity contribution in [3.63, 3.8) is 0 Å². The summed E-state index contributed by atoms with van der Waals surface area (Å²) in [6, 6.07) is 0.556. The predicted octanol–water partition coefficient (Wildman–Crippen LogP) is 2.86. The van der Waals surface area contributed by atoms with Gasteiger partial charge in [0.1, 0.15) is 5.82 Å². The van der Waals surface area contributed by atoms with Gasteiger partial charge in [0.15, 0.2) is 5.82 Å². The lowest BCUT2D eigenvalue weighted by atomic mass is 10.0. The van der Waals surface area contributed by atoms with Crippen LogP contribution in [0.1, 0.15) is 50.3 Å². The number of rotatable bonds is 2. The first-order chi connectivity index (χ1) is 8.33. The molecule has 3 nitrogen and oxygen atoms in total. The molecule has 4 heteroatoms. The minimum atomic E-state index is 0.556. The number of aryl methyl sites for hydroxylation is 1. The summed E-state index contributed by atoms with van der Waals surface area (Å²) < 4.78 is 2.18. The first-order valence-electron chi connectivity index (χ1n) is 6.85. The van der Waals surface area contributed by atoms with Gasteiger partial charge in [-0.3, -0.25) is 0 Å². The number of fused-ring (bicyclic) bond motifs is 1. The standard InChI is InChI=1S/C13H21N3S/c1-10-4-2-6-13-14-12(15-16(10)13)8-11-5-3-7-17-9-11/h10-11H,2-9H2,1H3. The van der Waals surface area contributed by atoms with Crippen molar-refractivity contribution < 1.29 is 0 Å². The summed E-state index contributed by atoms with van der Waals surface area (Å²) in [7, 11) is 0. The fourth-order valence-corrected chi connectivity index (χ4v) is 4.07. The third kappa shape index (κ3) is 2.51. The zero-order chi connectivity index (χ0) is 11.7. The molecule has 3 rings (SSSR count). The van der Waals surface area contributed by atoms with E-state index >= 15 is 0 Å². The van der Waals surface area contributed by atoms with Gasteiger partial charge in [-0.15, -0.1) is 0 Å². The molecule has 1 aromatic heterocycles. The summed E-state index contributed by atoms with van der Waals surface area (Å²) >= 11 is 2.10. The maximum atomic E-state index is 4.74. The Hall–Kier alpha value is -0.510. The third-order valence-corrected chi connectivity index (χ3v) is 5.20. The van der Waals surface area contributed by atoms with Gasteiger partial charge >= 0.3 is 0 Å². The number of nitrogens with zero attached hydrogens (tertiary/aromatic N) is 3. The smallest absolute Gasteiger partial charge is 0.151 e. The molecule has 1 aromatic rings. The van der Waals surface area contributed by atoms with Gasteiger partial charge in [-0.1, -0.05) is 0 Å². The van der Waals surface area contributed by atoms with Crippen LogP contribution in [0, 0.1) is 5.92 Å². The van der Waals surface area contributed by atoms with Crippen molar-refractivity contribution in [1.82, 2.24) is 14.8 Å². The fraction of sp³-hybridized carbons (Fsp3) is 0.846. The Morgan fingerprint density at radius 2 is 2.29 bits per heavy atom. The van der Waals surface area contributed by atoms with Crippen molar-refractivity contribution in [3.8, 4) is 0 Å². The van der Waals surface area contributed by atoms with Gasteiger partial charge in [-0.05, 0) is 50.0 Å². The molecule has 1 saturated heterocycles. The van der Waals surface area contributed by atoms with Crippen LogP contribution in [0.3, 0.4) is 0 Å².